The first kappa shape index (κ1) is 23.2. The van der Waals surface area contributed by atoms with Crippen molar-refractivity contribution in [1.82, 2.24) is 50.4 Å². The van der Waals surface area contributed by atoms with Gasteiger partial charge in [-0.05, 0) is 32.4 Å². The van der Waals surface area contributed by atoms with Gasteiger partial charge in [-0.1, -0.05) is 11.3 Å². The molecule has 13 heteroatoms. The number of hydrogen-bond donors (Lipinski definition) is 3. The Kier molecular flexibility index (Phi) is 6.43. The zero-order valence-corrected chi connectivity index (χ0v) is 20.4. The first-order valence-corrected chi connectivity index (χ1v) is 11.7. The van der Waals surface area contributed by atoms with Crippen LogP contribution in [-0.4, -0.2) is 77.3 Å². The summed E-state index contributed by atoms with van der Waals surface area (Å²) in [5.41, 5.74) is 2.73. The maximum Gasteiger partial charge on any atom is 0.317 e. The number of pyridine rings is 1. The van der Waals surface area contributed by atoms with Crippen molar-refractivity contribution in [2.45, 2.75) is 26.8 Å². The predicted molar refractivity (Wildman–Crippen MR) is 133 cm³/mol. The quantitative estimate of drug-likeness (QED) is 0.371. The lowest BCUT2D eigenvalue weighted by Gasteiger charge is -2.35. The monoisotopic (exact) mass is 488 g/mol. The van der Waals surface area contributed by atoms with Crippen molar-refractivity contribution in [2.24, 2.45) is 0 Å². The van der Waals surface area contributed by atoms with Crippen LogP contribution in [0.25, 0.3) is 5.82 Å². The summed E-state index contributed by atoms with van der Waals surface area (Å²) in [6.07, 6.45) is 5.07. The number of urea groups is 1. The van der Waals surface area contributed by atoms with Gasteiger partial charge in [0.05, 0.1) is 18.4 Å². The molecular formula is C23H28N12O. The summed E-state index contributed by atoms with van der Waals surface area (Å²) in [5.74, 6) is 2.69. The number of carbonyl (C=O) groups excluding carboxylic acids is 1. The van der Waals surface area contributed by atoms with Crippen LogP contribution in [0.3, 0.4) is 0 Å². The fourth-order valence-electron chi connectivity index (χ4n) is 3.96. The molecule has 186 valence electrons. The van der Waals surface area contributed by atoms with E-state index in [2.05, 4.69) is 51.0 Å². The second kappa shape index (κ2) is 9.98. The van der Waals surface area contributed by atoms with Crippen LogP contribution in [0.4, 0.5) is 22.4 Å². The van der Waals surface area contributed by atoms with Crippen LogP contribution in [0.5, 0.6) is 0 Å². The number of hydrogen-bond acceptors (Lipinski definition) is 9. The van der Waals surface area contributed by atoms with Crippen molar-refractivity contribution in [3.63, 3.8) is 0 Å². The highest BCUT2D eigenvalue weighted by molar-refractivity contribution is 5.75. The van der Waals surface area contributed by atoms with E-state index in [0.29, 0.717) is 49.6 Å². The summed E-state index contributed by atoms with van der Waals surface area (Å²) in [6.45, 7) is 8.24. The molecule has 1 fully saturated rings. The molecule has 1 saturated heterocycles. The lowest BCUT2D eigenvalue weighted by molar-refractivity contribution is 0.191. The number of amides is 2. The molecule has 13 nitrogen and oxygen atoms in total. The Morgan fingerprint density at radius 3 is 2.58 bits per heavy atom. The Labute approximate surface area is 208 Å². The summed E-state index contributed by atoms with van der Waals surface area (Å²) < 4.78 is 1.58. The minimum atomic E-state index is -0.188. The van der Waals surface area contributed by atoms with Gasteiger partial charge in [0.15, 0.2) is 11.6 Å². The van der Waals surface area contributed by atoms with Gasteiger partial charge >= 0.3 is 6.03 Å². The number of nitrogens with zero attached hydrogens (tertiary/aromatic N) is 9. The van der Waals surface area contributed by atoms with Crippen LogP contribution < -0.4 is 15.5 Å². The molecule has 1 unspecified atom stereocenters. The number of nitrogens with one attached hydrogen (secondary N) is 3. The molecule has 1 atom stereocenters. The zero-order chi connectivity index (χ0) is 25.1. The molecule has 0 aliphatic carbocycles. The third-order valence-electron chi connectivity index (χ3n) is 5.92. The predicted octanol–water partition coefficient (Wildman–Crippen LogP) is 2.13. The molecule has 0 radical (unpaired) electrons. The molecule has 1 aliphatic heterocycles. The highest BCUT2D eigenvalue weighted by Gasteiger charge is 2.24. The fraction of sp³-hybridized carbons (Fsp3) is 0.348. The molecule has 5 heterocycles. The minimum Gasteiger partial charge on any atom is -0.337 e. The van der Waals surface area contributed by atoms with Crippen LogP contribution in [0.2, 0.25) is 0 Å². The van der Waals surface area contributed by atoms with E-state index in [-0.39, 0.29) is 12.1 Å². The van der Waals surface area contributed by atoms with E-state index >= 15 is 0 Å². The molecule has 5 rings (SSSR count). The topological polar surface area (TPSA) is 146 Å². The Morgan fingerprint density at radius 1 is 1.08 bits per heavy atom. The molecule has 36 heavy (non-hydrogen) atoms. The second-order valence-electron chi connectivity index (χ2n) is 8.70. The number of piperazine rings is 1. The number of rotatable bonds is 6. The number of H-pyrrole nitrogens is 1. The van der Waals surface area contributed by atoms with E-state index in [4.69, 9.17) is 0 Å². The van der Waals surface area contributed by atoms with Crippen molar-refractivity contribution in [3.05, 3.63) is 59.8 Å². The number of aromatic amines is 1. The molecule has 0 spiro atoms. The molecule has 2 amide bonds. The molecule has 0 aromatic carbocycles. The number of aromatic nitrogens is 8. The first-order valence-electron chi connectivity index (χ1n) is 11.7. The lowest BCUT2D eigenvalue weighted by atomic mass is 10.1. The lowest BCUT2D eigenvalue weighted by Crippen LogP contribution is -2.52. The van der Waals surface area contributed by atoms with Gasteiger partial charge < -0.3 is 20.4 Å². The molecule has 4 aromatic rings. The maximum atomic E-state index is 12.9. The Morgan fingerprint density at radius 2 is 1.92 bits per heavy atom. The average molecular weight is 489 g/mol. The molecule has 0 saturated carbocycles. The largest absolute Gasteiger partial charge is 0.337 e. The average Bonchev–Trinajstić information content (AvgIpc) is 3.56. The van der Waals surface area contributed by atoms with E-state index in [0.717, 1.165) is 17.0 Å². The molecule has 1 aliphatic rings. The summed E-state index contributed by atoms with van der Waals surface area (Å²) >= 11 is 0. The van der Waals surface area contributed by atoms with Crippen LogP contribution in [0.15, 0.2) is 42.9 Å². The van der Waals surface area contributed by atoms with Crippen molar-refractivity contribution in [1.29, 1.82) is 0 Å². The number of carbonyl (C=O) groups is 1. The van der Waals surface area contributed by atoms with Gasteiger partial charge in [-0.15, -0.1) is 5.10 Å². The Bertz CT molecular complexity index is 1310. The third kappa shape index (κ3) is 5.24. The smallest absolute Gasteiger partial charge is 0.317 e. The summed E-state index contributed by atoms with van der Waals surface area (Å²) in [4.78, 5) is 30.5. The SMILES string of the molecule is Cc1cc(Nc2cc(C)[nH]n2)nc(N2CCN(C(=O)NC(C)c3ccc(-n4ccnn4)nc3)CC2)n1. The van der Waals surface area contributed by atoms with Gasteiger partial charge in [-0.2, -0.15) is 10.1 Å². The van der Waals surface area contributed by atoms with Crippen molar-refractivity contribution >= 4 is 23.6 Å². The highest BCUT2D eigenvalue weighted by Crippen LogP contribution is 2.19. The van der Waals surface area contributed by atoms with Crippen molar-refractivity contribution in [3.8, 4) is 5.82 Å². The van der Waals surface area contributed by atoms with Gasteiger partial charge in [0, 0.05) is 55.9 Å². The van der Waals surface area contributed by atoms with Gasteiger partial charge in [0.1, 0.15) is 5.82 Å². The van der Waals surface area contributed by atoms with Gasteiger partial charge in [0.2, 0.25) is 5.95 Å². The summed E-state index contributed by atoms with van der Waals surface area (Å²) in [7, 11) is 0. The third-order valence-corrected chi connectivity index (χ3v) is 5.92. The summed E-state index contributed by atoms with van der Waals surface area (Å²) in [5, 5.41) is 21.1. The Hall–Kier alpha value is -4.55. The standard InChI is InChI=1S/C23H28N12O/c1-15-12-19(28-20-13-16(2)30-31-20)29-22(26-15)33-8-10-34(11-9-33)23(36)27-17(3)18-4-5-21(24-14-18)35-7-6-25-32-35/h4-7,12-14,17H,8-11H2,1-3H3,(H,27,36)(H2,26,28,29,30,31). The molecular weight excluding hydrogens is 460 g/mol. The van der Waals surface area contributed by atoms with Crippen LogP contribution in [0, 0.1) is 13.8 Å². The highest BCUT2D eigenvalue weighted by atomic mass is 16.2. The van der Waals surface area contributed by atoms with Crippen molar-refractivity contribution in [2.75, 3.05) is 36.4 Å². The van der Waals surface area contributed by atoms with Crippen LogP contribution in [0.1, 0.15) is 29.9 Å². The minimum absolute atomic E-state index is 0.107. The van der Waals surface area contributed by atoms with E-state index in [9.17, 15) is 4.79 Å². The van der Waals surface area contributed by atoms with Crippen molar-refractivity contribution < 1.29 is 4.79 Å². The molecule has 3 N–H and O–H groups in total. The van der Waals surface area contributed by atoms with Gasteiger partial charge in [0.25, 0.3) is 0 Å². The van der Waals surface area contributed by atoms with Gasteiger partial charge in [-0.3, -0.25) is 5.10 Å². The number of anilines is 3. The van der Waals surface area contributed by atoms with Crippen LogP contribution >= 0.6 is 0 Å². The first-order chi connectivity index (χ1) is 17.4. The molecule has 4 aromatic heterocycles. The zero-order valence-electron chi connectivity index (χ0n) is 20.4. The number of aryl methyl sites for hydroxylation is 2. The fourth-order valence-corrected chi connectivity index (χ4v) is 3.96. The summed E-state index contributed by atoms with van der Waals surface area (Å²) in [6, 6.07) is 7.28. The molecule has 0 bridgehead atoms. The Balaban J connectivity index is 1.16. The normalized spacial score (nSPS) is 14.5. The maximum absolute atomic E-state index is 12.9. The van der Waals surface area contributed by atoms with Gasteiger partial charge in [-0.25, -0.2) is 19.4 Å². The van der Waals surface area contributed by atoms with E-state index in [1.807, 2.05) is 49.9 Å². The van der Waals surface area contributed by atoms with E-state index in [1.165, 1.54) is 0 Å². The second-order valence-corrected chi connectivity index (χ2v) is 8.70. The van der Waals surface area contributed by atoms with Crippen LogP contribution in [-0.2, 0) is 0 Å². The van der Waals surface area contributed by atoms with E-state index in [1.54, 1.807) is 23.3 Å². The van der Waals surface area contributed by atoms with E-state index < -0.39 is 0 Å².